The minimum atomic E-state index is 0.617. The summed E-state index contributed by atoms with van der Waals surface area (Å²) < 4.78 is 8.95. The number of aromatic nitrogens is 4. The summed E-state index contributed by atoms with van der Waals surface area (Å²) in [5, 5.41) is 9.50. The van der Waals surface area contributed by atoms with Crippen LogP contribution >= 0.6 is 0 Å². The quantitative estimate of drug-likeness (QED) is 0.192. The van der Waals surface area contributed by atoms with Gasteiger partial charge in [-0.2, -0.15) is 0 Å². The van der Waals surface area contributed by atoms with Gasteiger partial charge >= 0.3 is 0 Å². The van der Waals surface area contributed by atoms with Crippen LogP contribution in [0.4, 0.5) is 0 Å². The highest BCUT2D eigenvalue weighted by molar-refractivity contribution is 6.38. The normalized spacial score (nSPS) is 12.0. The van der Waals surface area contributed by atoms with Crippen LogP contribution in [-0.4, -0.2) is 19.5 Å². The van der Waals surface area contributed by atoms with Crippen molar-refractivity contribution in [3.63, 3.8) is 0 Å². The molecule has 3 heterocycles. The molecule has 0 amide bonds. The molecule has 0 aliphatic carbocycles. The van der Waals surface area contributed by atoms with Gasteiger partial charge in [-0.1, -0.05) is 121 Å². The highest BCUT2D eigenvalue weighted by atomic mass is 16.3. The average Bonchev–Trinajstić information content (AvgIpc) is 3.74. The van der Waals surface area contributed by atoms with Crippen LogP contribution in [0.1, 0.15) is 0 Å². The number of furan rings is 1. The highest BCUT2D eigenvalue weighted by Gasteiger charge is 2.24. The lowest BCUT2D eigenvalue weighted by molar-refractivity contribution is 0.669. The molecule has 0 atom stereocenters. The van der Waals surface area contributed by atoms with Crippen LogP contribution in [0.15, 0.2) is 162 Å². The zero-order chi connectivity index (χ0) is 32.8. The molecule has 0 aliphatic heterocycles. The van der Waals surface area contributed by atoms with Gasteiger partial charge in [0.05, 0.1) is 16.7 Å². The first-order valence-electron chi connectivity index (χ1n) is 16.8. The van der Waals surface area contributed by atoms with E-state index in [1.54, 1.807) is 0 Å². The van der Waals surface area contributed by atoms with Gasteiger partial charge in [-0.15, -0.1) is 0 Å². The molecule has 0 bridgehead atoms. The number of fused-ring (bicyclic) bond motifs is 3. The Bertz CT molecular complexity index is 3030. The molecule has 3 aromatic heterocycles. The second-order valence-electron chi connectivity index (χ2n) is 12.7. The fraction of sp³-hybridized carbons (Fsp3) is 0. The van der Waals surface area contributed by atoms with Crippen LogP contribution in [0.2, 0.25) is 0 Å². The third-order valence-corrected chi connectivity index (χ3v) is 10.0. The number of hydrogen-bond acceptors (Lipinski definition) is 4. The Morgan fingerprint density at radius 1 is 0.360 bits per heavy atom. The Morgan fingerprint density at radius 3 is 1.62 bits per heavy atom. The fourth-order valence-electron chi connectivity index (χ4n) is 7.90. The molecule has 0 spiro atoms. The van der Waals surface area contributed by atoms with Crippen LogP contribution in [0, 0.1) is 0 Å². The van der Waals surface area contributed by atoms with Crippen LogP contribution in [0.25, 0.3) is 105 Å². The van der Waals surface area contributed by atoms with E-state index >= 15 is 0 Å². The summed E-state index contributed by atoms with van der Waals surface area (Å²) in [6.45, 7) is 0. The van der Waals surface area contributed by atoms with Crippen molar-refractivity contribution in [2.45, 2.75) is 0 Å². The van der Waals surface area contributed by atoms with Gasteiger partial charge in [-0.3, -0.25) is 0 Å². The molecule has 8 aromatic carbocycles. The molecule has 0 unspecified atom stereocenters. The van der Waals surface area contributed by atoms with Crippen LogP contribution in [-0.2, 0) is 0 Å². The molecule has 5 heteroatoms. The molecular formula is C45H26N4O. The van der Waals surface area contributed by atoms with Crippen molar-refractivity contribution >= 4 is 65.3 Å². The highest BCUT2D eigenvalue weighted by Crippen LogP contribution is 2.47. The molecule has 232 valence electrons. The van der Waals surface area contributed by atoms with Crippen molar-refractivity contribution in [1.29, 1.82) is 0 Å². The van der Waals surface area contributed by atoms with Crippen molar-refractivity contribution in [2.75, 3.05) is 0 Å². The summed E-state index contributed by atoms with van der Waals surface area (Å²) in [7, 11) is 0. The van der Waals surface area contributed by atoms with Gasteiger partial charge in [0.1, 0.15) is 11.2 Å². The van der Waals surface area contributed by atoms with Gasteiger partial charge in [0.2, 0.25) is 0 Å². The number of para-hydroxylation sites is 1. The lowest BCUT2D eigenvalue weighted by atomic mass is 9.95. The maximum absolute atomic E-state index is 6.57. The smallest absolute Gasteiger partial charge is 0.166 e. The van der Waals surface area contributed by atoms with E-state index < -0.39 is 0 Å². The van der Waals surface area contributed by atoms with Gasteiger partial charge in [-0.05, 0) is 57.9 Å². The predicted molar refractivity (Wildman–Crippen MR) is 204 cm³/mol. The van der Waals surface area contributed by atoms with E-state index in [0.717, 1.165) is 55.3 Å². The first kappa shape index (κ1) is 27.1. The molecule has 0 N–H and O–H groups in total. The largest absolute Gasteiger partial charge is 0.456 e. The number of nitrogens with zero attached hydrogens (tertiary/aromatic N) is 4. The summed E-state index contributed by atoms with van der Waals surface area (Å²) in [6.07, 6.45) is 0. The summed E-state index contributed by atoms with van der Waals surface area (Å²) in [6, 6.07) is 54.8. The van der Waals surface area contributed by atoms with Crippen LogP contribution in [0.3, 0.4) is 0 Å². The third kappa shape index (κ3) is 3.80. The van der Waals surface area contributed by atoms with Gasteiger partial charge in [0.15, 0.2) is 17.5 Å². The molecule has 50 heavy (non-hydrogen) atoms. The minimum absolute atomic E-state index is 0.617. The summed E-state index contributed by atoms with van der Waals surface area (Å²) in [4.78, 5) is 15.2. The van der Waals surface area contributed by atoms with E-state index in [1.165, 1.54) is 32.3 Å². The zero-order valence-electron chi connectivity index (χ0n) is 26.7. The summed E-state index contributed by atoms with van der Waals surface area (Å²) in [5.41, 5.74) is 7.79. The predicted octanol–water partition coefficient (Wildman–Crippen LogP) is 11.6. The maximum atomic E-state index is 6.57. The Labute approximate surface area is 286 Å². The average molecular weight is 639 g/mol. The molecule has 11 aromatic rings. The van der Waals surface area contributed by atoms with E-state index in [1.807, 2.05) is 60.7 Å². The Kier molecular flexibility index (Phi) is 5.60. The number of rotatable bonds is 4. The number of benzene rings is 7. The molecule has 0 aliphatic rings. The molecule has 0 fully saturated rings. The Balaban J connectivity index is 1.28. The van der Waals surface area contributed by atoms with Gasteiger partial charge in [0.25, 0.3) is 0 Å². The SMILES string of the molecule is c1ccc(-c2nc(-c3ccccc3)nc(-c3ccccc3-n3c4cccc5c6ccccc6c6cccc7oc8ccc3c(c8c76)c54)n2)cc1. The molecule has 0 saturated carbocycles. The van der Waals surface area contributed by atoms with Crippen molar-refractivity contribution in [2.24, 2.45) is 0 Å². The van der Waals surface area contributed by atoms with E-state index in [-0.39, 0.29) is 0 Å². The first-order chi connectivity index (χ1) is 24.8. The third-order valence-electron chi connectivity index (χ3n) is 10.0. The van der Waals surface area contributed by atoms with Crippen molar-refractivity contribution in [3.05, 3.63) is 158 Å². The summed E-state index contributed by atoms with van der Waals surface area (Å²) in [5.74, 6) is 1.89. The second-order valence-corrected chi connectivity index (χ2v) is 12.7. The van der Waals surface area contributed by atoms with Gasteiger partial charge in [-0.25, -0.2) is 15.0 Å². The fourth-order valence-corrected chi connectivity index (χ4v) is 7.90. The lowest BCUT2D eigenvalue weighted by Crippen LogP contribution is -2.03. The Hall–Kier alpha value is -6.85. The monoisotopic (exact) mass is 638 g/mol. The Morgan fingerprint density at radius 2 is 0.900 bits per heavy atom. The molecule has 11 rings (SSSR count). The van der Waals surface area contributed by atoms with Gasteiger partial charge < -0.3 is 8.98 Å². The van der Waals surface area contributed by atoms with E-state index in [0.29, 0.717) is 17.5 Å². The van der Waals surface area contributed by atoms with Crippen molar-refractivity contribution in [1.82, 2.24) is 19.5 Å². The van der Waals surface area contributed by atoms with E-state index in [2.05, 4.69) is 102 Å². The first-order valence-corrected chi connectivity index (χ1v) is 16.8. The number of hydrogen-bond donors (Lipinski definition) is 0. The molecular weight excluding hydrogens is 613 g/mol. The molecule has 0 saturated heterocycles. The maximum Gasteiger partial charge on any atom is 0.166 e. The van der Waals surface area contributed by atoms with Crippen molar-refractivity contribution < 1.29 is 4.42 Å². The topological polar surface area (TPSA) is 56.7 Å². The van der Waals surface area contributed by atoms with E-state index in [4.69, 9.17) is 19.4 Å². The molecule has 5 nitrogen and oxygen atoms in total. The lowest BCUT2D eigenvalue weighted by Gasteiger charge is -2.14. The zero-order valence-corrected chi connectivity index (χ0v) is 26.7. The van der Waals surface area contributed by atoms with Crippen LogP contribution in [0.5, 0.6) is 0 Å². The second kappa shape index (κ2) is 10.3. The standard InChI is InChI=1S/C45H26N4O/c1-3-13-27(14-4-1)43-46-44(28-15-5-2-6-16-28)48-45(47-43)33-19-9-10-22-34(33)49-35-23-11-20-31-29-17-7-8-18-30(29)32-21-12-24-37-40(32)42-38(50-37)26-25-36(49)41(42)39(31)35/h1-26H. The summed E-state index contributed by atoms with van der Waals surface area (Å²) >= 11 is 0. The van der Waals surface area contributed by atoms with E-state index in [9.17, 15) is 0 Å². The van der Waals surface area contributed by atoms with Crippen molar-refractivity contribution in [3.8, 4) is 39.9 Å². The minimum Gasteiger partial charge on any atom is -0.456 e. The van der Waals surface area contributed by atoms with Crippen LogP contribution < -0.4 is 0 Å². The van der Waals surface area contributed by atoms with Gasteiger partial charge in [0, 0.05) is 38.2 Å². The molecule has 0 radical (unpaired) electrons.